The van der Waals surface area contributed by atoms with Gasteiger partial charge in [0.2, 0.25) is 0 Å². The maximum absolute atomic E-state index is 12.7. The maximum atomic E-state index is 12.7. The number of hydrogen-bond donors (Lipinski definition) is 1. The van der Waals surface area contributed by atoms with Crippen LogP contribution >= 0.6 is 0 Å². The van der Waals surface area contributed by atoms with Crippen LogP contribution < -0.4 is 5.32 Å². The van der Waals surface area contributed by atoms with Gasteiger partial charge in [-0.2, -0.15) is 0 Å². The van der Waals surface area contributed by atoms with Crippen molar-refractivity contribution in [2.75, 3.05) is 32.1 Å². The Morgan fingerprint density at radius 2 is 2.25 bits per heavy atom. The predicted octanol–water partition coefficient (Wildman–Crippen LogP) is 2.50. The number of hydrogen-bond acceptors (Lipinski definition) is 3. The number of urea groups is 1. The fourth-order valence-corrected chi connectivity index (χ4v) is 2.17. The molecule has 0 bridgehead atoms. The SMILES string of the molecule is CN(CCC1CCOCC1)C(=O)Nc1ccc(F)cn1. The zero-order chi connectivity index (χ0) is 14.4. The molecule has 2 heterocycles. The van der Waals surface area contributed by atoms with Crippen LogP contribution in [0.4, 0.5) is 15.0 Å². The molecule has 1 fully saturated rings. The number of nitrogens with one attached hydrogen (secondary N) is 1. The first-order chi connectivity index (χ1) is 9.65. The number of pyridine rings is 1. The molecular weight excluding hydrogens is 261 g/mol. The predicted molar refractivity (Wildman–Crippen MR) is 74.0 cm³/mol. The lowest BCUT2D eigenvalue weighted by Crippen LogP contribution is -2.33. The monoisotopic (exact) mass is 281 g/mol. The van der Waals surface area contributed by atoms with E-state index in [9.17, 15) is 9.18 Å². The Kier molecular flexibility index (Phi) is 5.29. The smallest absolute Gasteiger partial charge is 0.322 e. The lowest BCUT2D eigenvalue weighted by atomic mass is 9.96. The number of rotatable bonds is 4. The molecule has 0 radical (unpaired) electrons. The molecule has 20 heavy (non-hydrogen) atoms. The first-order valence-electron chi connectivity index (χ1n) is 6.86. The van der Waals surface area contributed by atoms with Gasteiger partial charge < -0.3 is 9.64 Å². The molecule has 0 spiro atoms. The summed E-state index contributed by atoms with van der Waals surface area (Å²) in [4.78, 5) is 17.4. The van der Waals surface area contributed by atoms with Gasteiger partial charge in [0.05, 0.1) is 6.20 Å². The van der Waals surface area contributed by atoms with Crippen molar-refractivity contribution in [3.8, 4) is 0 Å². The maximum Gasteiger partial charge on any atom is 0.322 e. The van der Waals surface area contributed by atoms with Crippen LogP contribution in [0.3, 0.4) is 0 Å². The second-order valence-corrected chi connectivity index (χ2v) is 5.06. The third-order valence-electron chi connectivity index (χ3n) is 3.52. The largest absolute Gasteiger partial charge is 0.381 e. The summed E-state index contributed by atoms with van der Waals surface area (Å²) in [5.41, 5.74) is 0. The molecule has 1 aliphatic heterocycles. The number of amides is 2. The van der Waals surface area contributed by atoms with E-state index in [1.165, 1.54) is 12.1 Å². The number of anilines is 1. The minimum atomic E-state index is -0.420. The van der Waals surface area contributed by atoms with Crippen LogP contribution in [0.2, 0.25) is 0 Å². The van der Waals surface area contributed by atoms with Gasteiger partial charge in [0.1, 0.15) is 11.6 Å². The van der Waals surface area contributed by atoms with E-state index in [0.717, 1.165) is 38.7 Å². The van der Waals surface area contributed by atoms with Gasteiger partial charge in [0.15, 0.2) is 0 Å². The molecule has 6 heteroatoms. The van der Waals surface area contributed by atoms with Crippen LogP contribution in [0.5, 0.6) is 0 Å². The first-order valence-corrected chi connectivity index (χ1v) is 6.86. The molecule has 0 unspecified atom stereocenters. The van der Waals surface area contributed by atoms with Crippen LogP contribution in [0.1, 0.15) is 19.3 Å². The van der Waals surface area contributed by atoms with E-state index in [0.29, 0.717) is 18.3 Å². The average molecular weight is 281 g/mol. The third kappa shape index (κ3) is 4.45. The summed E-state index contributed by atoms with van der Waals surface area (Å²) in [6, 6.07) is 2.49. The molecule has 0 saturated carbocycles. The van der Waals surface area contributed by atoms with Crippen LogP contribution in [0.15, 0.2) is 18.3 Å². The van der Waals surface area contributed by atoms with Gasteiger partial charge in [-0.1, -0.05) is 0 Å². The summed E-state index contributed by atoms with van der Waals surface area (Å²) in [7, 11) is 1.75. The fraction of sp³-hybridized carbons (Fsp3) is 0.571. The molecule has 1 aromatic heterocycles. The summed E-state index contributed by atoms with van der Waals surface area (Å²) >= 11 is 0. The first kappa shape index (κ1) is 14.7. The highest BCUT2D eigenvalue weighted by Gasteiger charge is 2.16. The van der Waals surface area contributed by atoms with Crippen molar-refractivity contribution >= 4 is 11.8 Å². The highest BCUT2D eigenvalue weighted by Crippen LogP contribution is 2.18. The highest BCUT2D eigenvalue weighted by molar-refractivity contribution is 5.87. The van der Waals surface area contributed by atoms with Crippen molar-refractivity contribution < 1.29 is 13.9 Å². The molecule has 1 N–H and O–H groups in total. The quantitative estimate of drug-likeness (QED) is 0.922. The Balaban J connectivity index is 1.75. The van der Waals surface area contributed by atoms with Crippen molar-refractivity contribution in [3.05, 3.63) is 24.1 Å². The van der Waals surface area contributed by atoms with E-state index < -0.39 is 5.82 Å². The van der Waals surface area contributed by atoms with E-state index in [1.807, 2.05) is 0 Å². The van der Waals surface area contributed by atoms with Crippen LogP contribution in [-0.2, 0) is 4.74 Å². The lowest BCUT2D eigenvalue weighted by molar-refractivity contribution is 0.0621. The molecule has 2 amide bonds. The zero-order valence-electron chi connectivity index (χ0n) is 11.6. The summed E-state index contributed by atoms with van der Waals surface area (Å²) in [5.74, 6) is 0.563. The van der Waals surface area contributed by atoms with Gasteiger partial charge in [0, 0.05) is 26.8 Å². The Bertz CT molecular complexity index is 433. The van der Waals surface area contributed by atoms with Crippen molar-refractivity contribution in [1.82, 2.24) is 9.88 Å². The fourth-order valence-electron chi connectivity index (χ4n) is 2.17. The van der Waals surface area contributed by atoms with Gasteiger partial charge in [-0.05, 0) is 37.3 Å². The van der Waals surface area contributed by atoms with Crippen molar-refractivity contribution in [2.24, 2.45) is 5.92 Å². The van der Waals surface area contributed by atoms with E-state index in [4.69, 9.17) is 4.74 Å². The minimum Gasteiger partial charge on any atom is -0.381 e. The topological polar surface area (TPSA) is 54.5 Å². The van der Waals surface area contributed by atoms with E-state index in [-0.39, 0.29) is 6.03 Å². The standard InChI is InChI=1S/C14H20FN3O2/c1-18(7-4-11-5-8-20-9-6-11)14(19)17-13-3-2-12(15)10-16-13/h2-3,10-11H,4-9H2,1H3,(H,16,17,19). The second-order valence-electron chi connectivity index (χ2n) is 5.06. The minimum absolute atomic E-state index is 0.226. The Labute approximate surface area is 118 Å². The van der Waals surface area contributed by atoms with E-state index in [2.05, 4.69) is 10.3 Å². The number of carbonyl (C=O) groups is 1. The molecule has 2 rings (SSSR count). The molecule has 1 saturated heterocycles. The Morgan fingerprint density at radius 3 is 2.90 bits per heavy atom. The number of carbonyl (C=O) groups excluding carboxylic acids is 1. The Hall–Kier alpha value is -1.69. The molecule has 5 nitrogen and oxygen atoms in total. The van der Waals surface area contributed by atoms with Crippen molar-refractivity contribution in [3.63, 3.8) is 0 Å². The number of aromatic nitrogens is 1. The van der Waals surface area contributed by atoms with Crippen LogP contribution in [0.25, 0.3) is 0 Å². The van der Waals surface area contributed by atoms with Crippen molar-refractivity contribution in [1.29, 1.82) is 0 Å². The van der Waals surface area contributed by atoms with Crippen LogP contribution in [0, 0.1) is 11.7 Å². The van der Waals surface area contributed by atoms with E-state index in [1.54, 1.807) is 11.9 Å². The van der Waals surface area contributed by atoms with Gasteiger partial charge >= 0.3 is 6.03 Å². The number of nitrogens with zero attached hydrogens (tertiary/aromatic N) is 2. The molecule has 110 valence electrons. The van der Waals surface area contributed by atoms with E-state index >= 15 is 0 Å². The molecular formula is C14H20FN3O2. The number of halogens is 1. The second kappa shape index (κ2) is 7.19. The average Bonchev–Trinajstić information content (AvgIpc) is 2.48. The van der Waals surface area contributed by atoms with Crippen LogP contribution in [-0.4, -0.2) is 42.7 Å². The molecule has 0 aliphatic carbocycles. The third-order valence-corrected chi connectivity index (χ3v) is 3.52. The summed E-state index contributed by atoms with van der Waals surface area (Å²) in [5, 5.41) is 2.64. The number of ether oxygens (including phenoxy) is 1. The molecule has 1 aromatic rings. The summed E-state index contributed by atoms with van der Waals surface area (Å²) < 4.78 is 18.0. The summed E-state index contributed by atoms with van der Waals surface area (Å²) in [6.07, 6.45) is 4.19. The van der Waals surface area contributed by atoms with Crippen molar-refractivity contribution in [2.45, 2.75) is 19.3 Å². The van der Waals surface area contributed by atoms with Gasteiger partial charge in [0.25, 0.3) is 0 Å². The van der Waals surface area contributed by atoms with Gasteiger partial charge in [-0.3, -0.25) is 5.32 Å². The summed E-state index contributed by atoms with van der Waals surface area (Å²) in [6.45, 7) is 2.33. The van der Waals surface area contributed by atoms with Gasteiger partial charge in [-0.15, -0.1) is 0 Å². The molecule has 0 atom stereocenters. The normalized spacial score (nSPS) is 15.9. The Morgan fingerprint density at radius 1 is 1.50 bits per heavy atom. The van der Waals surface area contributed by atoms with Gasteiger partial charge in [-0.25, -0.2) is 14.2 Å². The lowest BCUT2D eigenvalue weighted by Gasteiger charge is -2.24. The molecule has 1 aliphatic rings. The highest BCUT2D eigenvalue weighted by atomic mass is 19.1. The molecule has 0 aromatic carbocycles. The zero-order valence-corrected chi connectivity index (χ0v) is 11.6.